The molecule has 1 saturated heterocycles. The third-order valence-corrected chi connectivity index (χ3v) is 5.98. The van der Waals surface area contributed by atoms with E-state index in [9.17, 15) is 14.8 Å². The lowest BCUT2D eigenvalue weighted by molar-refractivity contribution is -0.885. The predicted molar refractivity (Wildman–Crippen MR) is 80.8 cm³/mol. The van der Waals surface area contributed by atoms with E-state index >= 15 is 0 Å². The number of quaternary nitrogens is 1. The fourth-order valence-corrected chi connectivity index (χ4v) is 4.05. The van der Waals surface area contributed by atoms with Crippen LogP contribution in [0.4, 0.5) is 4.39 Å². The standard InChI is InChI=1S/C12H16BrFN3O2S/c1-11(2)10(15)20-12(3,6-17(11,18)19)8-4-7(13)5-16-9(8)14/h4-5,10H,6,15H2,1-3H3/q-1/t10-,12?/m1/s1. The molecule has 2 atom stereocenters. The third-order valence-electron chi connectivity index (χ3n) is 3.85. The summed E-state index contributed by atoms with van der Waals surface area (Å²) in [4.78, 5) is 1.87. The molecule has 0 saturated carbocycles. The maximum absolute atomic E-state index is 14.0. The summed E-state index contributed by atoms with van der Waals surface area (Å²) in [6.07, 6.45) is 1.33. The molecule has 1 aliphatic rings. The maximum Gasteiger partial charge on any atom is 0.217 e. The Balaban J connectivity index is 2.49. The Kier molecular flexibility index (Phi) is 3.94. The Labute approximate surface area is 129 Å². The van der Waals surface area contributed by atoms with E-state index < -0.39 is 26.4 Å². The molecule has 1 unspecified atom stereocenters. The molecule has 1 fully saturated rings. The van der Waals surface area contributed by atoms with Crippen LogP contribution in [-0.4, -0.2) is 27.3 Å². The van der Waals surface area contributed by atoms with Crippen LogP contribution in [0.3, 0.4) is 0 Å². The van der Waals surface area contributed by atoms with E-state index in [1.807, 2.05) is 0 Å². The van der Waals surface area contributed by atoms with Gasteiger partial charge in [0.2, 0.25) is 5.95 Å². The number of aromatic nitrogens is 1. The smallest absolute Gasteiger partial charge is 0.217 e. The van der Waals surface area contributed by atoms with Crippen molar-refractivity contribution < 1.29 is 9.20 Å². The number of hydrogen-bond donors (Lipinski definition) is 1. The summed E-state index contributed by atoms with van der Waals surface area (Å²) in [7, 11) is 0. The van der Waals surface area contributed by atoms with Crippen LogP contribution in [0.2, 0.25) is 0 Å². The van der Waals surface area contributed by atoms with Crippen molar-refractivity contribution in [1.82, 2.24) is 4.98 Å². The molecule has 20 heavy (non-hydrogen) atoms. The van der Waals surface area contributed by atoms with Gasteiger partial charge >= 0.3 is 0 Å². The fraction of sp³-hybridized carbons (Fsp3) is 0.583. The highest BCUT2D eigenvalue weighted by atomic mass is 79.9. The molecule has 1 aromatic rings. The van der Waals surface area contributed by atoms with E-state index in [0.29, 0.717) is 4.47 Å². The van der Waals surface area contributed by atoms with Crippen LogP contribution in [0.25, 0.3) is 0 Å². The van der Waals surface area contributed by atoms with Crippen molar-refractivity contribution in [2.75, 3.05) is 6.54 Å². The first-order chi connectivity index (χ1) is 8.99. The fourth-order valence-electron chi connectivity index (χ4n) is 2.20. The van der Waals surface area contributed by atoms with Gasteiger partial charge in [-0.2, -0.15) is 4.39 Å². The average molecular weight is 365 g/mol. The quantitative estimate of drug-likeness (QED) is 0.470. The summed E-state index contributed by atoms with van der Waals surface area (Å²) in [5, 5.41) is 23.9. The molecule has 0 aromatic carbocycles. The number of nitrogens with zero attached hydrogens (tertiary/aromatic N) is 2. The molecular formula is C12H16BrFN3O2S-. The van der Waals surface area contributed by atoms with Gasteiger partial charge in [0.05, 0.1) is 11.3 Å². The second-order valence-corrected chi connectivity index (χ2v) is 8.31. The van der Waals surface area contributed by atoms with Crippen molar-refractivity contribution >= 4 is 27.7 Å². The lowest BCUT2D eigenvalue weighted by Gasteiger charge is -2.65. The van der Waals surface area contributed by atoms with Gasteiger partial charge < -0.3 is 21.0 Å². The molecule has 1 aliphatic heterocycles. The minimum atomic E-state index is -1.76. The highest BCUT2D eigenvalue weighted by molar-refractivity contribution is 9.10. The Morgan fingerprint density at radius 1 is 1.50 bits per heavy atom. The van der Waals surface area contributed by atoms with Crippen molar-refractivity contribution in [3.05, 3.63) is 38.7 Å². The van der Waals surface area contributed by atoms with Gasteiger partial charge in [0.15, 0.2) is 0 Å². The van der Waals surface area contributed by atoms with Crippen LogP contribution in [-0.2, 0) is 4.75 Å². The van der Waals surface area contributed by atoms with Crippen LogP contribution in [0.1, 0.15) is 26.3 Å². The van der Waals surface area contributed by atoms with Gasteiger partial charge in [-0.1, -0.05) is 0 Å². The topological polar surface area (TPSA) is 85.0 Å². The summed E-state index contributed by atoms with van der Waals surface area (Å²) in [5.41, 5.74) is 5.02. The van der Waals surface area contributed by atoms with Crippen molar-refractivity contribution in [1.29, 1.82) is 0 Å². The second kappa shape index (κ2) is 4.89. The van der Waals surface area contributed by atoms with Gasteiger partial charge in [0, 0.05) is 16.2 Å². The molecule has 2 N–H and O–H groups in total. The molecule has 0 spiro atoms. The lowest BCUT2D eigenvalue weighted by atomic mass is 9.96. The van der Waals surface area contributed by atoms with Crippen LogP contribution < -0.4 is 5.73 Å². The Hall–Kier alpha value is -0.250. The first-order valence-corrected chi connectivity index (χ1v) is 7.72. The van der Waals surface area contributed by atoms with Gasteiger partial charge in [0.1, 0.15) is 10.9 Å². The van der Waals surface area contributed by atoms with Crippen molar-refractivity contribution in [2.45, 2.75) is 36.4 Å². The molecule has 0 radical (unpaired) electrons. The Morgan fingerprint density at radius 3 is 2.65 bits per heavy atom. The largest absolute Gasteiger partial charge is 0.631 e. The van der Waals surface area contributed by atoms with E-state index in [1.54, 1.807) is 26.8 Å². The van der Waals surface area contributed by atoms with Crippen molar-refractivity contribution in [3.63, 3.8) is 0 Å². The van der Waals surface area contributed by atoms with E-state index in [0.717, 1.165) is 0 Å². The zero-order valence-electron chi connectivity index (χ0n) is 11.4. The van der Waals surface area contributed by atoms with Gasteiger partial charge in [0.25, 0.3) is 0 Å². The first kappa shape index (κ1) is 16.1. The van der Waals surface area contributed by atoms with Gasteiger partial charge in [-0.05, 0) is 42.8 Å². The third kappa shape index (κ3) is 2.49. The van der Waals surface area contributed by atoms with Gasteiger partial charge in [-0.25, -0.2) is 4.98 Å². The first-order valence-electron chi connectivity index (χ1n) is 6.05. The van der Waals surface area contributed by atoms with Gasteiger partial charge in [-0.3, -0.25) is 0 Å². The van der Waals surface area contributed by atoms with Gasteiger partial charge in [-0.15, -0.1) is 11.8 Å². The zero-order chi connectivity index (χ0) is 15.3. The van der Waals surface area contributed by atoms with E-state index in [1.165, 1.54) is 18.0 Å². The molecule has 0 bridgehead atoms. The van der Waals surface area contributed by atoms with E-state index in [2.05, 4.69) is 20.9 Å². The van der Waals surface area contributed by atoms with E-state index in [4.69, 9.17) is 5.73 Å². The monoisotopic (exact) mass is 364 g/mol. The second-order valence-electron chi connectivity index (χ2n) is 5.75. The molecule has 0 amide bonds. The van der Waals surface area contributed by atoms with Crippen LogP contribution in [0, 0.1) is 16.4 Å². The number of rotatable bonds is 1. The van der Waals surface area contributed by atoms with Crippen molar-refractivity contribution in [3.8, 4) is 0 Å². The maximum atomic E-state index is 14.0. The molecule has 2 heterocycles. The average Bonchev–Trinajstić information content (AvgIpc) is 2.29. The molecule has 2 rings (SSSR count). The number of hydrogen-bond acceptors (Lipinski definition) is 5. The van der Waals surface area contributed by atoms with Crippen molar-refractivity contribution in [2.24, 2.45) is 5.73 Å². The molecule has 5 nitrogen and oxygen atoms in total. The molecule has 1 aromatic heterocycles. The highest BCUT2D eigenvalue weighted by Gasteiger charge is 2.51. The van der Waals surface area contributed by atoms with Crippen LogP contribution >= 0.6 is 27.7 Å². The summed E-state index contributed by atoms with van der Waals surface area (Å²) >= 11 is 4.46. The molecule has 0 aliphatic carbocycles. The number of nitrogens with two attached hydrogens (primary N) is 1. The number of halogens is 2. The summed E-state index contributed by atoms with van der Waals surface area (Å²) < 4.78 is 13.5. The van der Waals surface area contributed by atoms with Crippen LogP contribution in [0.5, 0.6) is 0 Å². The SMILES string of the molecule is CC1(c2cc(Br)cnc2F)C[N+]([O-])([O-])C(C)(C)[C@H](N)S1. The Morgan fingerprint density at radius 2 is 2.10 bits per heavy atom. The summed E-state index contributed by atoms with van der Waals surface area (Å²) in [5.74, 6) is -0.685. The number of pyridine rings is 1. The predicted octanol–water partition coefficient (Wildman–Crippen LogP) is 2.82. The minimum Gasteiger partial charge on any atom is -0.631 e. The lowest BCUT2D eigenvalue weighted by Crippen LogP contribution is -2.68. The summed E-state index contributed by atoms with van der Waals surface area (Å²) in [6.45, 7) is 4.43. The van der Waals surface area contributed by atoms with Crippen LogP contribution in [0.15, 0.2) is 16.7 Å². The Bertz CT molecular complexity index is 543. The van der Waals surface area contributed by atoms with E-state index in [-0.39, 0.29) is 12.1 Å². The molecular weight excluding hydrogens is 349 g/mol. The molecule has 112 valence electrons. The zero-order valence-corrected chi connectivity index (χ0v) is 13.8. The summed E-state index contributed by atoms with van der Waals surface area (Å²) in [6, 6.07) is 1.54. The molecule has 8 heteroatoms. The number of hydroxylamine groups is 4. The normalized spacial score (nSPS) is 32.1. The minimum absolute atomic E-state index is 0.219. The highest BCUT2D eigenvalue weighted by Crippen LogP contribution is 2.50. The number of thioether (sulfide) groups is 1.